The van der Waals surface area contributed by atoms with Crippen molar-refractivity contribution in [3.63, 3.8) is 0 Å². The number of rotatable bonds is 12. The molecule has 196 valence electrons. The molecular weight excluding hydrogens is 448 g/mol. The summed E-state index contributed by atoms with van der Waals surface area (Å²) in [7, 11) is 0. The molecule has 0 aromatic heterocycles. The van der Waals surface area contributed by atoms with Gasteiger partial charge in [-0.3, -0.25) is 14.4 Å². The zero-order valence-electron chi connectivity index (χ0n) is 21.9. The van der Waals surface area contributed by atoms with Crippen LogP contribution in [0.5, 0.6) is 0 Å². The highest BCUT2D eigenvalue weighted by atomic mass is 16.6. The SMILES string of the molecule is C=CCOC(=O)[C@@H]1[C@H]2C(=O)N([C@@H](CO)[C@@H](C)CC)C(C(=O)N(CC=C)C(C)C)C23CC[C@@]1(CC)O3. The first kappa shape index (κ1) is 27.4. The van der Waals surface area contributed by atoms with Gasteiger partial charge in [-0.05, 0) is 39.0 Å². The molecule has 2 amide bonds. The number of aliphatic hydroxyl groups is 1. The maximum Gasteiger partial charge on any atom is 0.313 e. The molecule has 3 saturated heterocycles. The van der Waals surface area contributed by atoms with E-state index >= 15 is 0 Å². The van der Waals surface area contributed by atoms with Crippen LogP contribution in [0, 0.1) is 17.8 Å². The second-order valence-corrected chi connectivity index (χ2v) is 10.5. The number of carbonyl (C=O) groups is 3. The summed E-state index contributed by atoms with van der Waals surface area (Å²) in [6.45, 7) is 17.3. The third kappa shape index (κ3) is 4.12. The number of carbonyl (C=O) groups excluding carboxylic acids is 3. The summed E-state index contributed by atoms with van der Waals surface area (Å²) < 4.78 is 12.2. The van der Waals surface area contributed by atoms with Gasteiger partial charge in [0.05, 0.1) is 24.2 Å². The fraction of sp³-hybridized carbons (Fsp3) is 0.741. The fourth-order valence-electron chi connectivity index (χ4n) is 6.55. The van der Waals surface area contributed by atoms with E-state index in [1.165, 1.54) is 6.08 Å². The minimum Gasteiger partial charge on any atom is -0.461 e. The van der Waals surface area contributed by atoms with Crippen molar-refractivity contribution < 1.29 is 29.0 Å². The number of nitrogens with zero attached hydrogens (tertiary/aromatic N) is 2. The van der Waals surface area contributed by atoms with E-state index < -0.39 is 41.1 Å². The van der Waals surface area contributed by atoms with Crippen LogP contribution in [0.3, 0.4) is 0 Å². The first-order valence-electron chi connectivity index (χ1n) is 12.9. The van der Waals surface area contributed by atoms with Gasteiger partial charge in [-0.1, -0.05) is 45.9 Å². The maximum atomic E-state index is 14.2. The molecule has 0 aliphatic carbocycles. The monoisotopic (exact) mass is 490 g/mol. The van der Waals surface area contributed by atoms with Gasteiger partial charge in [0, 0.05) is 12.6 Å². The average molecular weight is 491 g/mol. The minimum absolute atomic E-state index is 0.0434. The largest absolute Gasteiger partial charge is 0.461 e. The molecule has 7 atom stereocenters. The normalized spacial score (nSPS) is 32.9. The molecule has 2 bridgehead atoms. The van der Waals surface area contributed by atoms with Crippen LogP contribution < -0.4 is 0 Å². The van der Waals surface area contributed by atoms with Gasteiger partial charge < -0.3 is 24.4 Å². The molecular formula is C27H42N2O6. The molecule has 0 saturated carbocycles. The predicted molar refractivity (Wildman–Crippen MR) is 132 cm³/mol. The van der Waals surface area contributed by atoms with Crippen molar-refractivity contribution in [2.24, 2.45) is 17.8 Å². The highest BCUT2D eigenvalue weighted by molar-refractivity contribution is 5.99. The first-order chi connectivity index (χ1) is 16.6. The number of hydrogen-bond acceptors (Lipinski definition) is 6. The van der Waals surface area contributed by atoms with Crippen molar-refractivity contribution in [3.05, 3.63) is 25.3 Å². The topological polar surface area (TPSA) is 96.4 Å². The van der Waals surface area contributed by atoms with Crippen LogP contribution in [0.4, 0.5) is 0 Å². The quantitative estimate of drug-likeness (QED) is 0.334. The standard InChI is InChI=1S/C27H42N2O6/c1-8-14-28(17(5)6)24(32)22-27-13-12-26(11-4,35-27)21(25(33)34-15-9-2)20(27)23(31)29(22)19(16-30)18(7)10-3/h8-9,17-22,30H,1-2,10-16H2,3-7H3/t18-,19-,20-,21-,22?,26+,27?/m0/s1. The number of aliphatic hydroxyl groups excluding tert-OH is 1. The van der Waals surface area contributed by atoms with Crippen LogP contribution in [0.25, 0.3) is 0 Å². The van der Waals surface area contributed by atoms with Crippen molar-refractivity contribution in [1.29, 1.82) is 0 Å². The maximum absolute atomic E-state index is 14.2. The van der Waals surface area contributed by atoms with Crippen LogP contribution >= 0.6 is 0 Å². The van der Waals surface area contributed by atoms with E-state index in [4.69, 9.17) is 9.47 Å². The molecule has 0 radical (unpaired) electrons. The van der Waals surface area contributed by atoms with E-state index in [0.717, 1.165) is 6.42 Å². The smallest absolute Gasteiger partial charge is 0.313 e. The van der Waals surface area contributed by atoms with E-state index in [0.29, 0.717) is 25.8 Å². The van der Waals surface area contributed by atoms with Crippen molar-refractivity contribution in [2.75, 3.05) is 19.8 Å². The van der Waals surface area contributed by atoms with E-state index in [2.05, 4.69) is 13.2 Å². The predicted octanol–water partition coefficient (Wildman–Crippen LogP) is 2.70. The molecule has 3 heterocycles. The molecule has 8 heteroatoms. The Morgan fingerprint density at radius 3 is 2.46 bits per heavy atom. The highest BCUT2D eigenvalue weighted by Gasteiger charge is 2.79. The summed E-state index contributed by atoms with van der Waals surface area (Å²) in [4.78, 5) is 45.0. The fourth-order valence-corrected chi connectivity index (χ4v) is 6.55. The van der Waals surface area contributed by atoms with Crippen LogP contribution in [0.2, 0.25) is 0 Å². The van der Waals surface area contributed by atoms with Gasteiger partial charge in [-0.15, -0.1) is 6.58 Å². The number of hydrogen-bond donors (Lipinski definition) is 1. The summed E-state index contributed by atoms with van der Waals surface area (Å²) in [5.41, 5.74) is -1.99. The van der Waals surface area contributed by atoms with Gasteiger partial charge in [0.25, 0.3) is 0 Å². The molecule has 8 nitrogen and oxygen atoms in total. The van der Waals surface area contributed by atoms with Crippen molar-refractivity contribution in [2.45, 2.75) is 89.6 Å². The second kappa shape index (κ2) is 10.4. The van der Waals surface area contributed by atoms with Gasteiger partial charge in [0.1, 0.15) is 24.2 Å². The van der Waals surface area contributed by atoms with E-state index in [9.17, 15) is 19.5 Å². The number of amides is 2. The molecule has 3 aliphatic heterocycles. The Kier molecular flexibility index (Phi) is 8.16. The number of likely N-dealkylation sites (tertiary alicyclic amines) is 1. The Morgan fingerprint density at radius 1 is 1.26 bits per heavy atom. The lowest BCUT2D eigenvalue weighted by Crippen LogP contribution is -2.60. The Morgan fingerprint density at radius 2 is 1.94 bits per heavy atom. The lowest BCUT2D eigenvalue weighted by atomic mass is 9.65. The van der Waals surface area contributed by atoms with Crippen LogP contribution in [-0.4, -0.2) is 81.8 Å². The zero-order chi connectivity index (χ0) is 26.1. The van der Waals surface area contributed by atoms with Crippen LogP contribution in [0.1, 0.15) is 60.3 Å². The van der Waals surface area contributed by atoms with Crippen molar-refractivity contribution in [3.8, 4) is 0 Å². The number of ether oxygens (including phenoxy) is 2. The Bertz CT molecular complexity index is 859. The first-order valence-corrected chi connectivity index (χ1v) is 12.9. The van der Waals surface area contributed by atoms with Gasteiger partial charge in [-0.2, -0.15) is 0 Å². The van der Waals surface area contributed by atoms with Gasteiger partial charge in [0.2, 0.25) is 11.8 Å². The van der Waals surface area contributed by atoms with Gasteiger partial charge in [0.15, 0.2) is 0 Å². The lowest BCUT2D eigenvalue weighted by Gasteiger charge is -2.42. The minimum atomic E-state index is -1.14. The number of esters is 1. The molecule has 2 unspecified atom stereocenters. The third-order valence-corrected chi connectivity index (χ3v) is 8.53. The van der Waals surface area contributed by atoms with E-state index in [-0.39, 0.29) is 37.0 Å². The molecule has 0 aromatic rings. The summed E-state index contributed by atoms with van der Waals surface area (Å²) in [6, 6.07) is -1.63. The molecule has 3 fully saturated rings. The van der Waals surface area contributed by atoms with Gasteiger partial charge >= 0.3 is 5.97 Å². The van der Waals surface area contributed by atoms with E-state index in [1.807, 2.05) is 34.6 Å². The molecule has 1 N–H and O–H groups in total. The average Bonchev–Trinajstić information content (AvgIpc) is 3.44. The van der Waals surface area contributed by atoms with Gasteiger partial charge in [-0.25, -0.2) is 0 Å². The van der Waals surface area contributed by atoms with Crippen molar-refractivity contribution in [1.82, 2.24) is 9.80 Å². The Labute approximate surface area is 209 Å². The molecule has 3 rings (SSSR count). The number of fused-ring (bicyclic) bond motifs is 1. The summed E-state index contributed by atoms with van der Waals surface area (Å²) >= 11 is 0. The van der Waals surface area contributed by atoms with Crippen LogP contribution in [0.15, 0.2) is 25.3 Å². The summed E-state index contributed by atoms with van der Waals surface area (Å²) in [5, 5.41) is 10.4. The molecule has 1 spiro atoms. The zero-order valence-corrected chi connectivity index (χ0v) is 21.9. The summed E-state index contributed by atoms with van der Waals surface area (Å²) in [6.07, 6.45) is 5.47. The molecule has 35 heavy (non-hydrogen) atoms. The third-order valence-electron chi connectivity index (χ3n) is 8.53. The second-order valence-electron chi connectivity index (χ2n) is 10.5. The van der Waals surface area contributed by atoms with Crippen molar-refractivity contribution >= 4 is 17.8 Å². The molecule has 0 aromatic carbocycles. The molecule has 3 aliphatic rings. The van der Waals surface area contributed by atoms with E-state index in [1.54, 1.807) is 15.9 Å². The van der Waals surface area contributed by atoms with Crippen LogP contribution in [-0.2, 0) is 23.9 Å². The Balaban J connectivity index is 2.18. The lowest BCUT2D eigenvalue weighted by molar-refractivity contribution is -0.164. The highest BCUT2D eigenvalue weighted by Crippen LogP contribution is 2.65. The summed E-state index contributed by atoms with van der Waals surface area (Å²) in [5.74, 6) is -2.72. The Hall–Kier alpha value is -2.19.